The predicted molar refractivity (Wildman–Crippen MR) is 71.7 cm³/mol. The molecule has 98 valence electrons. The molecule has 2 aromatic rings. The van der Waals surface area contributed by atoms with Gasteiger partial charge in [0.25, 0.3) is 0 Å². The molecule has 0 radical (unpaired) electrons. The van der Waals surface area contributed by atoms with Gasteiger partial charge >= 0.3 is 0 Å². The molecule has 0 saturated carbocycles. The van der Waals surface area contributed by atoms with Gasteiger partial charge in [0.15, 0.2) is 5.89 Å². The zero-order valence-electron chi connectivity index (χ0n) is 10.6. The topological polar surface area (TPSA) is 67.2 Å². The Morgan fingerprint density at radius 2 is 2.11 bits per heavy atom. The van der Waals surface area contributed by atoms with Crippen molar-refractivity contribution in [3.8, 4) is 11.3 Å². The Labute approximate surface area is 111 Å². The Bertz CT molecular complexity index is 585. The fourth-order valence-electron chi connectivity index (χ4n) is 1.94. The Kier molecular flexibility index (Phi) is 3.05. The van der Waals surface area contributed by atoms with E-state index in [9.17, 15) is 4.79 Å². The van der Waals surface area contributed by atoms with E-state index in [1.54, 1.807) is 6.26 Å². The molecular weight excluding hydrogens is 242 g/mol. The van der Waals surface area contributed by atoms with Crippen LogP contribution < -0.4 is 10.6 Å². The van der Waals surface area contributed by atoms with Crippen LogP contribution in [-0.4, -0.2) is 24.0 Å². The van der Waals surface area contributed by atoms with E-state index in [1.807, 2.05) is 31.2 Å². The number of hydrogen-bond donors (Lipinski definition) is 2. The molecule has 19 heavy (non-hydrogen) atoms. The molecule has 2 heterocycles. The Morgan fingerprint density at radius 1 is 1.37 bits per heavy atom. The summed E-state index contributed by atoms with van der Waals surface area (Å²) >= 11 is 0. The highest BCUT2D eigenvalue weighted by molar-refractivity contribution is 5.93. The van der Waals surface area contributed by atoms with E-state index in [-0.39, 0.29) is 11.8 Å². The van der Waals surface area contributed by atoms with E-state index < -0.39 is 0 Å². The molecule has 0 atom stereocenters. The summed E-state index contributed by atoms with van der Waals surface area (Å²) in [6.07, 6.45) is 1.63. The molecular formula is C14H15N3O2. The summed E-state index contributed by atoms with van der Waals surface area (Å²) in [6, 6.07) is 7.60. The molecule has 1 amide bonds. The first-order valence-corrected chi connectivity index (χ1v) is 6.26. The van der Waals surface area contributed by atoms with E-state index in [1.165, 1.54) is 0 Å². The van der Waals surface area contributed by atoms with Gasteiger partial charge in [-0.05, 0) is 12.1 Å². The number of nitrogens with zero attached hydrogens (tertiary/aromatic N) is 1. The van der Waals surface area contributed by atoms with Crippen LogP contribution in [-0.2, 0) is 4.79 Å². The SMILES string of the molecule is Cc1nc(-c2ccc(NC(=O)C3CNC3)cc2)co1. The molecule has 1 fully saturated rings. The van der Waals surface area contributed by atoms with Crippen LogP contribution in [0.3, 0.4) is 0 Å². The van der Waals surface area contributed by atoms with Crippen molar-refractivity contribution in [2.24, 2.45) is 5.92 Å². The quantitative estimate of drug-likeness (QED) is 0.880. The predicted octanol–water partition coefficient (Wildman–Crippen LogP) is 1.81. The van der Waals surface area contributed by atoms with Crippen LogP contribution in [0.5, 0.6) is 0 Å². The van der Waals surface area contributed by atoms with Gasteiger partial charge in [0.1, 0.15) is 12.0 Å². The van der Waals surface area contributed by atoms with Gasteiger partial charge in [-0.25, -0.2) is 4.98 Å². The average Bonchev–Trinajstić information content (AvgIpc) is 2.74. The van der Waals surface area contributed by atoms with Gasteiger partial charge in [0.2, 0.25) is 5.91 Å². The minimum Gasteiger partial charge on any atom is -0.449 e. The highest BCUT2D eigenvalue weighted by atomic mass is 16.3. The van der Waals surface area contributed by atoms with Crippen molar-refractivity contribution in [1.82, 2.24) is 10.3 Å². The number of benzene rings is 1. The Balaban J connectivity index is 1.70. The smallest absolute Gasteiger partial charge is 0.230 e. The molecule has 5 nitrogen and oxygen atoms in total. The molecule has 0 aliphatic carbocycles. The lowest BCUT2D eigenvalue weighted by Crippen LogP contribution is -2.48. The van der Waals surface area contributed by atoms with Crippen LogP contribution >= 0.6 is 0 Å². The number of amides is 1. The number of anilines is 1. The third kappa shape index (κ3) is 2.51. The van der Waals surface area contributed by atoms with Crippen LogP contribution in [0.25, 0.3) is 11.3 Å². The number of aromatic nitrogens is 1. The molecule has 1 aliphatic heterocycles. The zero-order chi connectivity index (χ0) is 13.2. The molecule has 1 aromatic carbocycles. The third-order valence-electron chi connectivity index (χ3n) is 3.22. The summed E-state index contributed by atoms with van der Waals surface area (Å²) in [7, 11) is 0. The minimum atomic E-state index is 0.0729. The number of rotatable bonds is 3. The van der Waals surface area contributed by atoms with E-state index in [0.717, 1.165) is 30.0 Å². The number of nitrogens with one attached hydrogen (secondary N) is 2. The maximum atomic E-state index is 11.8. The number of carbonyl (C=O) groups is 1. The van der Waals surface area contributed by atoms with Gasteiger partial charge in [-0.2, -0.15) is 0 Å². The van der Waals surface area contributed by atoms with E-state index in [0.29, 0.717) is 5.89 Å². The highest BCUT2D eigenvalue weighted by Crippen LogP contribution is 2.21. The number of aryl methyl sites for hydroxylation is 1. The van der Waals surface area contributed by atoms with Crippen molar-refractivity contribution in [2.75, 3.05) is 18.4 Å². The Morgan fingerprint density at radius 3 is 2.63 bits per heavy atom. The average molecular weight is 257 g/mol. The van der Waals surface area contributed by atoms with E-state index >= 15 is 0 Å². The Hall–Kier alpha value is -2.14. The first-order valence-electron chi connectivity index (χ1n) is 6.26. The molecule has 0 unspecified atom stereocenters. The van der Waals surface area contributed by atoms with Crippen molar-refractivity contribution in [2.45, 2.75) is 6.92 Å². The van der Waals surface area contributed by atoms with Crippen LogP contribution in [0, 0.1) is 12.8 Å². The summed E-state index contributed by atoms with van der Waals surface area (Å²) in [6.45, 7) is 3.34. The lowest BCUT2D eigenvalue weighted by molar-refractivity contribution is -0.121. The molecule has 3 rings (SSSR count). The highest BCUT2D eigenvalue weighted by Gasteiger charge is 2.24. The van der Waals surface area contributed by atoms with Gasteiger partial charge in [-0.1, -0.05) is 12.1 Å². The summed E-state index contributed by atoms with van der Waals surface area (Å²) in [5.74, 6) is 0.812. The first kappa shape index (κ1) is 11.9. The van der Waals surface area contributed by atoms with Crippen LogP contribution in [0.1, 0.15) is 5.89 Å². The monoisotopic (exact) mass is 257 g/mol. The van der Waals surface area contributed by atoms with Crippen LogP contribution in [0.2, 0.25) is 0 Å². The van der Waals surface area contributed by atoms with Crippen molar-refractivity contribution in [1.29, 1.82) is 0 Å². The van der Waals surface area contributed by atoms with Crippen molar-refractivity contribution in [3.05, 3.63) is 36.4 Å². The van der Waals surface area contributed by atoms with Gasteiger partial charge in [0, 0.05) is 31.3 Å². The summed E-state index contributed by atoms with van der Waals surface area (Å²) in [5, 5.41) is 5.99. The number of oxazole rings is 1. The van der Waals surface area contributed by atoms with E-state index in [4.69, 9.17) is 4.42 Å². The van der Waals surface area contributed by atoms with Gasteiger partial charge in [0.05, 0.1) is 5.92 Å². The molecule has 2 N–H and O–H groups in total. The van der Waals surface area contributed by atoms with Crippen molar-refractivity contribution >= 4 is 11.6 Å². The van der Waals surface area contributed by atoms with Crippen LogP contribution in [0.4, 0.5) is 5.69 Å². The second-order valence-electron chi connectivity index (χ2n) is 4.67. The molecule has 1 saturated heterocycles. The van der Waals surface area contributed by atoms with Gasteiger partial charge in [-0.3, -0.25) is 4.79 Å². The second kappa shape index (κ2) is 4.85. The lowest BCUT2D eigenvalue weighted by Gasteiger charge is -2.25. The maximum Gasteiger partial charge on any atom is 0.230 e. The number of carbonyl (C=O) groups excluding carboxylic acids is 1. The lowest BCUT2D eigenvalue weighted by atomic mass is 10.0. The van der Waals surface area contributed by atoms with Crippen molar-refractivity contribution in [3.63, 3.8) is 0 Å². The summed E-state index contributed by atoms with van der Waals surface area (Å²) < 4.78 is 5.18. The maximum absolute atomic E-state index is 11.8. The molecule has 5 heteroatoms. The molecule has 1 aromatic heterocycles. The third-order valence-corrected chi connectivity index (χ3v) is 3.22. The van der Waals surface area contributed by atoms with Gasteiger partial charge < -0.3 is 15.1 Å². The zero-order valence-corrected chi connectivity index (χ0v) is 10.6. The van der Waals surface area contributed by atoms with Crippen LogP contribution in [0.15, 0.2) is 34.9 Å². The van der Waals surface area contributed by atoms with E-state index in [2.05, 4.69) is 15.6 Å². The molecule has 1 aliphatic rings. The van der Waals surface area contributed by atoms with Crippen molar-refractivity contribution < 1.29 is 9.21 Å². The normalized spacial score (nSPS) is 15.0. The first-order chi connectivity index (χ1) is 9.22. The molecule has 0 spiro atoms. The minimum absolute atomic E-state index is 0.0729. The fourth-order valence-corrected chi connectivity index (χ4v) is 1.94. The largest absolute Gasteiger partial charge is 0.449 e. The number of hydrogen-bond acceptors (Lipinski definition) is 4. The summed E-state index contributed by atoms with van der Waals surface area (Å²) in [5.41, 5.74) is 2.58. The fraction of sp³-hybridized carbons (Fsp3) is 0.286. The van der Waals surface area contributed by atoms with Gasteiger partial charge in [-0.15, -0.1) is 0 Å². The standard InChI is InChI=1S/C14H15N3O2/c1-9-16-13(8-19-9)10-2-4-12(5-3-10)17-14(18)11-6-15-7-11/h2-5,8,11,15H,6-7H2,1H3,(H,17,18). The summed E-state index contributed by atoms with van der Waals surface area (Å²) in [4.78, 5) is 16.0. The second-order valence-corrected chi connectivity index (χ2v) is 4.67. The molecule has 0 bridgehead atoms.